The predicted octanol–water partition coefficient (Wildman–Crippen LogP) is 4.41. The van der Waals surface area contributed by atoms with Crippen LogP contribution in [0, 0.1) is 6.92 Å². The standard InChI is InChI=1S/C19H17BrN4O/c1-13-4-2-5-14(8-13)10-21-19-22-11-15(12-23-19)18(25)24-17-7-3-6-16(20)9-17/h2-9,11-12H,10H2,1H3,(H,24,25)(H,21,22,23). The molecular formula is C19H17BrN4O. The van der Waals surface area contributed by atoms with Crippen LogP contribution in [0.2, 0.25) is 0 Å². The zero-order valence-corrected chi connectivity index (χ0v) is 15.2. The third-order valence-corrected chi connectivity index (χ3v) is 4.02. The van der Waals surface area contributed by atoms with Crippen LogP contribution >= 0.6 is 15.9 Å². The lowest BCUT2D eigenvalue weighted by Gasteiger charge is -2.07. The van der Waals surface area contributed by atoms with Crippen LogP contribution in [0.4, 0.5) is 11.6 Å². The van der Waals surface area contributed by atoms with Crippen LogP contribution in [0.15, 0.2) is 65.4 Å². The molecule has 0 aliphatic rings. The van der Waals surface area contributed by atoms with E-state index in [0.717, 1.165) is 10.0 Å². The van der Waals surface area contributed by atoms with Gasteiger partial charge in [-0.15, -0.1) is 0 Å². The van der Waals surface area contributed by atoms with E-state index in [1.165, 1.54) is 18.0 Å². The summed E-state index contributed by atoms with van der Waals surface area (Å²) in [5, 5.41) is 5.96. The number of nitrogens with zero attached hydrogens (tertiary/aromatic N) is 2. The van der Waals surface area contributed by atoms with Crippen LogP contribution in [0.25, 0.3) is 0 Å². The highest BCUT2D eigenvalue weighted by Gasteiger charge is 2.08. The Morgan fingerprint density at radius 3 is 2.56 bits per heavy atom. The van der Waals surface area contributed by atoms with E-state index >= 15 is 0 Å². The average Bonchev–Trinajstić information content (AvgIpc) is 2.60. The number of aromatic nitrogens is 2. The van der Waals surface area contributed by atoms with Gasteiger partial charge in [-0.25, -0.2) is 9.97 Å². The number of benzene rings is 2. The summed E-state index contributed by atoms with van der Waals surface area (Å²) in [5.41, 5.74) is 3.47. The minimum atomic E-state index is -0.247. The van der Waals surface area contributed by atoms with E-state index in [2.05, 4.69) is 55.6 Å². The molecule has 0 aliphatic carbocycles. The maximum absolute atomic E-state index is 12.2. The minimum Gasteiger partial charge on any atom is -0.350 e. The molecule has 3 rings (SSSR count). The Labute approximate surface area is 154 Å². The first-order chi connectivity index (χ1) is 12.1. The maximum atomic E-state index is 12.2. The van der Waals surface area contributed by atoms with Gasteiger partial charge in [0.05, 0.1) is 5.56 Å². The first-order valence-electron chi connectivity index (χ1n) is 7.78. The SMILES string of the molecule is Cc1cccc(CNc2ncc(C(=O)Nc3cccc(Br)c3)cn2)c1. The van der Waals surface area contributed by atoms with Gasteiger partial charge in [0.1, 0.15) is 0 Å². The van der Waals surface area contributed by atoms with Crippen LogP contribution in [0.1, 0.15) is 21.5 Å². The van der Waals surface area contributed by atoms with Crippen LogP contribution in [-0.4, -0.2) is 15.9 Å². The van der Waals surface area contributed by atoms with Gasteiger partial charge >= 0.3 is 0 Å². The fourth-order valence-corrected chi connectivity index (χ4v) is 2.71. The zero-order valence-electron chi connectivity index (χ0n) is 13.7. The van der Waals surface area contributed by atoms with Gasteiger partial charge in [-0.1, -0.05) is 51.8 Å². The molecule has 0 aliphatic heterocycles. The van der Waals surface area contributed by atoms with E-state index in [9.17, 15) is 4.79 Å². The Hall–Kier alpha value is -2.73. The van der Waals surface area contributed by atoms with Crippen molar-refractivity contribution in [3.05, 3.63) is 82.1 Å². The van der Waals surface area contributed by atoms with E-state index in [1.54, 1.807) is 0 Å². The van der Waals surface area contributed by atoms with E-state index in [-0.39, 0.29) is 5.91 Å². The molecule has 0 saturated carbocycles. The molecule has 2 N–H and O–H groups in total. The molecule has 5 nitrogen and oxygen atoms in total. The number of hydrogen-bond acceptors (Lipinski definition) is 4. The number of aryl methyl sites for hydroxylation is 1. The van der Waals surface area contributed by atoms with Crippen molar-refractivity contribution >= 4 is 33.5 Å². The van der Waals surface area contributed by atoms with Gasteiger partial charge in [-0.2, -0.15) is 0 Å². The Morgan fingerprint density at radius 2 is 1.84 bits per heavy atom. The Balaban J connectivity index is 1.60. The summed E-state index contributed by atoms with van der Waals surface area (Å²) in [6, 6.07) is 15.6. The zero-order chi connectivity index (χ0) is 17.6. The van der Waals surface area contributed by atoms with Gasteiger partial charge in [0, 0.05) is 29.1 Å². The third kappa shape index (κ3) is 4.87. The summed E-state index contributed by atoms with van der Waals surface area (Å²) in [4.78, 5) is 20.6. The van der Waals surface area contributed by atoms with Crippen molar-refractivity contribution in [2.45, 2.75) is 13.5 Å². The minimum absolute atomic E-state index is 0.247. The molecule has 0 saturated heterocycles. The summed E-state index contributed by atoms with van der Waals surface area (Å²) in [6.45, 7) is 2.68. The molecule has 1 amide bonds. The number of halogens is 1. The number of rotatable bonds is 5. The number of amides is 1. The molecule has 0 atom stereocenters. The molecule has 25 heavy (non-hydrogen) atoms. The third-order valence-electron chi connectivity index (χ3n) is 3.53. The van der Waals surface area contributed by atoms with Gasteiger partial charge in [-0.3, -0.25) is 4.79 Å². The highest BCUT2D eigenvalue weighted by molar-refractivity contribution is 9.10. The fourth-order valence-electron chi connectivity index (χ4n) is 2.31. The smallest absolute Gasteiger partial charge is 0.258 e. The van der Waals surface area contributed by atoms with Crippen LogP contribution < -0.4 is 10.6 Å². The second-order valence-electron chi connectivity index (χ2n) is 5.60. The van der Waals surface area contributed by atoms with Crippen molar-refractivity contribution < 1.29 is 4.79 Å². The van der Waals surface area contributed by atoms with Crippen molar-refractivity contribution in [2.24, 2.45) is 0 Å². The van der Waals surface area contributed by atoms with Crippen molar-refractivity contribution in [1.29, 1.82) is 0 Å². The van der Waals surface area contributed by atoms with Crippen LogP contribution in [0.3, 0.4) is 0 Å². The topological polar surface area (TPSA) is 66.9 Å². The molecule has 6 heteroatoms. The molecule has 0 spiro atoms. The van der Waals surface area contributed by atoms with Gasteiger partial charge in [-0.05, 0) is 30.7 Å². The van der Waals surface area contributed by atoms with E-state index in [4.69, 9.17) is 0 Å². The largest absolute Gasteiger partial charge is 0.350 e. The quantitative estimate of drug-likeness (QED) is 0.669. The molecule has 0 fully saturated rings. The second kappa shape index (κ2) is 7.90. The average molecular weight is 397 g/mol. The molecule has 0 bridgehead atoms. The monoisotopic (exact) mass is 396 g/mol. The number of carbonyl (C=O) groups excluding carboxylic acids is 1. The van der Waals surface area contributed by atoms with Crippen molar-refractivity contribution in [3.8, 4) is 0 Å². The lowest BCUT2D eigenvalue weighted by molar-refractivity contribution is 0.102. The predicted molar refractivity (Wildman–Crippen MR) is 103 cm³/mol. The van der Waals surface area contributed by atoms with Crippen LogP contribution in [0.5, 0.6) is 0 Å². The number of carbonyl (C=O) groups is 1. The second-order valence-corrected chi connectivity index (χ2v) is 6.52. The Kier molecular flexibility index (Phi) is 5.40. The highest BCUT2D eigenvalue weighted by atomic mass is 79.9. The van der Waals surface area contributed by atoms with Crippen molar-refractivity contribution in [3.63, 3.8) is 0 Å². The fraction of sp³-hybridized carbons (Fsp3) is 0.105. The summed E-state index contributed by atoms with van der Waals surface area (Å²) in [5.74, 6) is 0.240. The lowest BCUT2D eigenvalue weighted by atomic mass is 10.1. The maximum Gasteiger partial charge on any atom is 0.258 e. The van der Waals surface area contributed by atoms with Gasteiger partial charge in [0.15, 0.2) is 0 Å². The highest BCUT2D eigenvalue weighted by Crippen LogP contribution is 2.16. The number of anilines is 2. The summed E-state index contributed by atoms with van der Waals surface area (Å²) in [6.07, 6.45) is 3.03. The summed E-state index contributed by atoms with van der Waals surface area (Å²) in [7, 11) is 0. The normalized spacial score (nSPS) is 10.3. The Morgan fingerprint density at radius 1 is 1.08 bits per heavy atom. The van der Waals surface area contributed by atoms with Crippen molar-refractivity contribution in [2.75, 3.05) is 10.6 Å². The molecule has 3 aromatic rings. The van der Waals surface area contributed by atoms with Gasteiger partial charge < -0.3 is 10.6 Å². The number of hydrogen-bond donors (Lipinski definition) is 2. The van der Waals surface area contributed by atoms with E-state index < -0.39 is 0 Å². The molecule has 126 valence electrons. The molecule has 0 unspecified atom stereocenters. The van der Waals surface area contributed by atoms with E-state index in [0.29, 0.717) is 23.7 Å². The van der Waals surface area contributed by atoms with Crippen LogP contribution in [-0.2, 0) is 6.54 Å². The molecule has 0 radical (unpaired) electrons. The lowest BCUT2D eigenvalue weighted by Crippen LogP contribution is -2.13. The Bertz CT molecular complexity index is 881. The van der Waals surface area contributed by atoms with Crippen molar-refractivity contribution in [1.82, 2.24) is 9.97 Å². The molecule has 1 heterocycles. The molecule has 1 aromatic heterocycles. The number of nitrogens with one attached hydrogen (secondary N) is 2. The van der Waals surface area contributed by atoms with Gasteiger partial charge in [0.2, 0.25) is 5.95 Å². The van der Waals surface area contributed by atoms with E-state index in [1.807, 2.05) is 36.4 Å². The first-order valence-corrected chi connectivity index (χ1v) is 8.58. The molecule has 2 aromatic carbocycles. The first kappa shape index (κ1) is 17.1. The summed E-state index contributed by atoms with van der Waals surface area (Å²) < 4.78 is 0.900. The summed E-state index contributed by atoms with van der Waals surface area (Å²) >= 11 is 3.37. The molecular weight excluding hydrogens is 380 g/mol. The van der Waals surface area contributed by atoms with Gasteiger partial charge in [0.25, 0.3) is 5.91 Å².